The van der Waals surface area contributed by atoms with Crippen LogP contribution in [0.3, 0.4) is 0 Å². The Balaban J connectivity index is 1.54. The van der Waals surface area contributed by atoms with Gasteiger partial charge in [-0.25, -0.2) is 8.42 Å². The smallest absolute Gasteiger partial charge is 0.277 e. The van der Waals surface area contributed by atoms with E-state index < -0.39 is 10.0 Å². The summed E-state index contributed by atoms with van der Waals surface area (Å²) in [6.07, 6.45) is 1.55. The molecule has 8 nitrogen and oxygen atoms in total. The van der Waals surface area contributed by atoms with Crippen molar-refractivity contribution < 1.29 is 22.4 Å². The molecule has 0 radical (unpaired) electrons. The zero-order valence-corrected chi connectivity index (χ0v) is 17.4. The first-order valence-corrected chi connectivity index (χ1v) is 11.4. The van der Waals surface area contributed by atoms with Crippen molar-refractivity contribution in [2.45, 2.75) is 11.6 Å². The van der Waals surface area contributed by atoms with Crippen LogP contribution in [-0.4, -0.2) is 43.5 Å². The van der Waals surface area contributed by atoms with Gasteiger partial charge in [-0.15, -0.1) is 10.2 Å². The van der Waals surface area contributed by atoms with Crippen LogP contribution in [0.15, 0.2) is 58.2 Å². The molecule has 0 aliphatic heterocycles. The van der Waals surface area contributed by atoms with E-state index in [4.69, 9.17) is 9.15 Å². The van der Waals surface area contributed by atoms with Crippen molar-refractivity contribution in [3.8, 4) is 5.75 Å². The molecule has 0 spiro atoms. The maximum atomic E-state index is 12.3. The summed E-state index contributed by atoms with van der Waals surface area (Å²) in [6.45, 7) is 0. The molecule has 0 amide bonds. The van der Waals surface area contributed by atoms with E-state index in [1.807, 2.05) is 24.3 Å². The Morgan fingerprint density at radius 2 is 1.79 bits per heavy atom. The van der Waals surface area contributed by atoms with E-state index in [1.54, 1.807) is 31.4 Å². The molecule has 0 bridgehead atoms. The Morgan fingerprint density at radius 1 is 1.10 bits per heavy atom. The van der Waals surface area contributed by atoms with Crippen LogP contribution >= 0.6 is 11.8 Å². The molecule has 0 saturated carbocycles. The predicted octanol–water partition coefficient (Wildman–Crippen LogP) is 3.02. The molecule has 2 aromatic carbocycles. The van der Waals surface area contributed by atoms with Gasteiger partial charge in [0.25, 0.3) is 5.22 Å². The summed E-state index contributed by atoms with van der Waals surface area (Å²) in [6, 6.07) is 13.8. The lowest BCUT2D eigenvalue weighted by molar-refractivity contribution is 0.102. The van der Waals surface area contributed by atoms with Gasteiger partial charge in [-0.05, 0) is 42.0 Å². The fourth-order valence-electron chi connectivity index (χ4n) is 2.43. The molecule has 0 saturated heterocycles. The average molecular weight is 434 g/mol. The lowest BCUT2D eigenvalue weighted by Gasteiger charge is -2.04. The number of hydrogen-bond donors (Lipinski definition) is 1. The van der Waals surface area contributed by atoms with E-state index in [1.165, 1.54) is 0 Å². The number of benzene rings is 2. The van der Waals surface area contributed by atoms with Crippen LogP contribution in [0.2, 0.25) is 0 Å². The van der Waals surface area contributed by atoms with Gasteiger partial charge in [0.05, 0.1) is 25.5 Å². The normalized spacial score (nSPS) is 11.2. The Labute approximate surface area is 172 Å². The number of hydrogen-bond acceptors (Lipinski definition) is 8. The lowest BCUT2D eigenvalue weighted by atomic mass is 10.1. The average Bonchev–Trinajstić information content (AvgIpc) is 3.13. The third-order valence-corrected chi connectivity index (χ3v) is 5.22. The number of methoxy groups -OCH3 is 1. The van der Waals surface area contributed by atoms with Gasteiger partial charge >= 0.3 is 0 Å². The summed E-state index contributed by atoms with van der Waals surface area (Å²) in [4.78, 5) is 12.3. The number of anilines is 1. The third kappa shape index (κ3) is 6.33. The third-order valence-electron chi connectivity index (χ3n) is 3.80. The lowest BCUT2D eigenvalue weighted by Crippen LogP contribution is -2.10. The summed E-state index contributed by atoms with van der Waals surface area (Å²) < 4.78 is 35.5. The van der Waals surface area contributed by atoms with Crippen molar-refractivity contribution in [1.29, 1.82) is 0 Å². The van der Waals surface area contributed by atoms with Crippen LogP contribution < -0.4 is 9.46 Å². The van der Waals surface area contributed by atoms with E-state index >= 15 is 0 Å². The molecular weight excluding hydrogens is 414 g/mol. The molecule has 0 unspecified atom stereocenters. The second-order valence-corrected chi connectivity index (χ2v) is 8.83. The minimum atomic E-state index is -3.35. The Hall–Kier alpha value is -2.85. The molecule has 0 atom stereocenters. The van der Waals surface area contributed by atoms with Crippen molar-refractivity contribution >= 4 is 33.3 Å². The van der Waals surface area contributed by atoms with E-state index in [2.05, 4.69) is 14.9 Å². The van der Waals surface area contributed by atoms with E-state index in [-0.39, 0.29) is 11.5 Å². The minimum Gasteiger partial charge on any atom is -0.497 e. The molecule has 10 heteroatoms. The predicted molar refractivity (Wildman–Crippen MR) is 110 cm³/mol. The monoisotopic (exact) mass is 433 g/mol. The zero-order valence-electron chi connectivity index (χ0n) is 15.8. The topological polar surface area (TPSA) is 111 Å². The first kappa shape index (κ1) is 20.9. The number of sulfonamides is 1. The molecule has 0 aliphatic rings. The number of rotatable bonds is 9. The maximum Gasteiger partial charge on any atom is 0.277 e. The molecule has 3 rings (SSSR count). The maximum absolute atomic E-state index is 12.3. The number of aromatic nitrogens is 2. The summed E-state index contributed by atoms with van der Waals surface area (Å²) in [5.41, 5.74) is 1.87. The van der Waals surface area contributed by atoms with E-state index in [9.17, 15) is 13.2 Å². The summed E-state index contributed by atoms with van der Waals surface area (Å²) in [7, 11) is -1.74. The quantitative estimate of drug-likeness (QED) is 0.405. The van der Waals surface area contributed by atoms with Crippen molar-refractivity contribution in [2.24, 2.45) is 0 Å². The van der Waals surface area contributed by atoms with Gasteiger partial charge < -0.3 is 9.15 Å². The molecule has 1 N–H and O–H groups in total. The largest absolute Gasteiger partial charge is 0.497 e. The van der Waals surface area contributed by atoms with Crippen LogP contribution in [0.25, 0.3) is 0 Å². The van der Waals surface area contributed by atoms with Gasteiger partial charge in [0, 0.05) is 11.3 Å². The molecule has 0 aliphatic carbocycles. The standard InChI is InChI=1S/C19H19N3O5S2/c1-26-16-9-3-13(4-10-16)11-18-20-21-19(27-18)28-12-17(23)14-5-7-15(8-6-14)22-29(2,24)25/h3-10,22H,11-12H2,1-2H3. The van der Waals surface area contributed by atoms with Crippen LogP contribution in [0.1, 0.15) is 21.8 Å². The Morgan fingerprint density at radius 3 is 2.41 bits per heavy atom. The second kappa shape index (κ2) is 9.10. The highest BCUT2D eigenvalue weighted by atomic mass is 32.2. The fraction of sp³-hybridized carbons (Fsp3) is 0.211. The van der Waals surface area contributed by atoms with Gasteiger partial charge in [-0.2, -0.15) is 0 Å². The van der Waals surface area contributed by atoms with E-state index in [0.717, 1.165) is 29.3 Å². The fourth-order valence-corrected chi connectivity index (χ4v) is 3.67. The molecule has 0 fully saturated rings. The summed E-state index contributed by atoms with van der Waals surface area (Å²) in [5.74, 6) is 1.23. The zero-order chi connectivity index (χ0) is 20.9. The number of ketones is 1. The van der Waals surface area contributed by atoms with Gasteiger partial charge in [0.2, 0.25) is 15.9 Å². The molecule has 29 heavy (non-hydrogen) atoms. The Kier molecular flexibility index (Phi) is 6.55. The summed E-state index contributed by atoms with van der Waals surface area (Å²) >= 11 is 1.15. The van der Waals surface area contributed by atoms with Gasteiger partial charge in [0.15, 0.2) is 5.78 Å². The first-order chi connectivity index (χ1) is 13.8. The first-order valence-electron chi connectivity index (χ1n) is 8.51. The van der Waals surface area contributed by atoms with E-state index in [0.29, 0.717) is 28.8 Å². The van der Waals surface area contributed by atoms with Gasteiger partial charge in [-0.1, -0.05) is 23.9 Å². The number of Topliss-reactive ketones (excluding diaryl/α,β-unsaturated/α-hetero) is 1. The van der Waals surface area contributed by atoms with Crippen LogP contribution in [0.5, 0.6) is 5.75 Å². The SMILES string of the molecule is COc1ccc(Cc2nnc(SCC(=O)c3ccc(NS(C)(=O)=O)cc3)o2)cc1. The molecule has 152 valence electrons. The molecular formula is C19H19N3O5S2. The highest BCUT2D eigenvalue weighted by Gasteiger charge is 2.12. The van der Waals surface area contributed by atoms with Crippen molar-refractivity contribution in [2.75, 3.05) is 23.8 Å². The second-order valence-electron chi connectivity index (χ2n) is 6.15. The van der Waals surface area contributed by atoms with Crippen molar-refractivity contribution in [1.82, 2.24) is 10.2 Å². The van der Waals surface area contributed by atoms with Crippen molar-refractivity contribution in [3.63, 3.8) is 0 Å². The van der Waals surface area contributed by atoms with Gasteiger partial charge in [0.1, 0.15) is 5.75 Å². The van der Waals surface area contributed by atoms with Crippen LogP contribution in [0.4, 0.5) is 5.69 Å². The van der Waals surface area contributed by atoms with Gasteiger partial charge in [-0.3, -0.25) is 9.52 Å². The molecule has 1 aromatic heterocycles. The molecule has 1 heterocycles. The number of nitrogens with zero attached hydrogens (tertiary/aromatic N) is 2. The number of thioether (sulfide) groups is 1. The van der Waals surface area contributed by atoms with Crippen LogP contribution in [0, 0.1) is 0 Å². The number of carbonyl (C=O) groups excluding carboxylic acids is 1. The summed E-state index contributed by atoms with van der Waals surface area (Å²) in [5, 5.41) is 8.28. The van der Waals surface area contributed by atoms with Crippen molar-refractivity contribution in [3.05, 3.63) is 65.5 Å². The van der Waals surface area contributed by atoms with Crippen LogP contribution in [-0.2, 0) is 16.4 Å². The molecule has 3 aromatic rings. The number of carbonyl (C=O) groups is 1. The highest BCUT2D eigenvalue weighted by Crippen LogP contribution is 2.21. The number of ether oxygens (including phenoxy) is 1. The highest BCUT2D eigenvalue weighted by molar-refractivity contribution is 7.99. The minimum absolute atomic E-state index is 0.128. The Bertz CT molecular complexity index is 1080. The number of nitrogens with one attached hydrogen (secondary N) is 1.